The second-order valence-corrected chi connectivity index (χ2v) is 6.35. The summed E-state index contributed by atoms with van der Waals surface area (Å²) in [5.74, 6) is 4.23. The molecule has 110 valence electrons. The number of nitrogens with one attached hydrogen (secondary N) is 1. The van der Waals surface area contributed by atoms with Gasteiger partial charge >= 0.3 is 0 Å². The molecule has 1 aromatic rings. The fourth-order valence-corrected chi connectivity index (χ4v) is 3.04. The second kappa shape index (κ2) is 9.37. The first kappa shape index (κ1) is 16.5. The van der Waals surface area contributed by atoms with Gasteiger partial charge in [-0.15, -0.1) is 0 Å². The zero-order chi connectivity index (χ0) is 14.1. The van der Waals surface area contributed by atoms with Crippen LogP contribution < -0.4 is 5.32 Å². The molecule has 4 nitrogen and oxygen atoms in total. The monoisotopic (exact) mass is 284 g/mol. The number of aromatic nitrogens is 3. The zero-order valence-electron chi connectivity index (χ0n) is 12.7. The quantitative estimate of drug-likeness (QED) is 0.717. The third-order valence-corrected chi connectivity index (χ3v) is 4.42. The van der Waals surface area contributed by atoms with Crippen LogP contribution in [0.5, 0.6) is 0 Å². The summed E-state index contributed by atoms with van der Waals surface area (Å²) in [5, 5.41) is 7.88. The van der Waals surface area contributed by atoms with Gasteiger partial charge < -0.3 is 5.32 Å². The number of thioether (sulfide) groups is 1. The van der Waals surface area contributed by atoms with E-state index in [1.54, 1.807) is 6.33 Å². The predicted octanol–water partition coefficient (Wildman–Crippen LogP) is 2.60. The third kappa shape index (κ3) is 6.43. The fraction of sp³-hybridized carbons (Fsp3) is 0.857. The van der Waals surface area contributed by atoms with Crippen LogP contribution in [0.4, 0.5) is 0 Å². The molecule has 0 spiro atoms. The maximum atomic E-state index is 4.38. The molecule has 0 bridgehead atoms. The van der Waals surface area contributed by atoms with E-state index in [0.29, 0.717) is 6.04 Å². The Hall–Kier alpha value is -0.550. The van der Waals surface area contributed by atoms with Crippen molar-refractivity contribution in [2.75, 3.05) is 18.1 Å². The summed E-state index contributed by atoms with van der Waals surface area (Å²) in [6.07, 6.45) is 3.81. The summed E-state index contributed by atoms with van der Waals surface area (Å²) in [7, 11) is 0. The Morgan fingerprint density at radius 3 is 2.74 bits per heavy atom. The predicted molar refractivity (Wildman–Crippen MR) is 83.6 cm³/mol. The van der Waals surface area contributed by atoms with Crippen molar-refractivity contribution in [2.45, 2.75) is 53.1 Å². The highest BCUT2D eigenvalue weighted by atomic mass is 32.2. The zero-order valence-corrected chi connectivity index (χ0v) is 13.5. The SMILES string of the molecule is CCCNC(CSCC(C)C)Cc1ncnn1CC. The number of nitrogens with zero attached hydrogens (tertiary/aromatic N) is 3. The molecular weight excluding hydrogens is 256 g/mol. The van der Waals surface area contributed by atoms with Crippen LogP contribution in [0.1, 0.15) is 39.9 Å². The van der Waals surface area contributed by atoms with Crippen LogP contribution in [0.25, 0.3) is 0 Å². The molecule has 5 heteroatoms. The summed E-state index contributed by atoms with van der Waals surface area (Å²) in [5.41, 5.74) is 0. The molecule has 1 heterocycles. The number of aryl methyl sites for hydroxylation is 1. The van der Waals surface area contributed by atoms with Gasteiger partial charge in [0.25, 0.3) is 0 Å². The van der Waals surface area contributed by atoms with Gasteiger partial charge in [0.1, 0.15) is 12.2 Å². The van der Waals surface area contributed by atoms with Crippen molar-refractivity contribution in [3.8, 4) is 0 Å². The minimum atomic E-state index is 0.498. The molecule has 0 saturated heterocycles. The Labute approximate surface area is 121 Å². The molecule has 0 aliphatic heterocycles. The highest BCUT2D eigenvalue weighted by Gasteiger charge is 2.13. The summed E-state index contributed by atoms with van der Waals surface area (Å²) in [4.78, 5) is 4.38. The first-order chi connectivity index (χ1) is 9.17. The van der Waals surface area contributed by atoms with E-state index < -0.39 is 0 Å². The molecular formula is C14H28N4S. The van der Waals surface area contributed by atoms with Crippen LogP contribution in [0.2, 0.25) is 0 Å². The van der Waals surface area contributed by atoms with Crippen molar-refractivity contribution in [2.24, 2.45) is 5.92 Å². The average molecular weight is 284 g/mol. The molecule has 19 heavy (non-hydrogen) atoms. The minimum Gasteiger partial charge on any atom is -0.313 e. The minimum absolute atomic E-state index is 0.498. The molecule has 1 atom stereocenters. The summed E-state index contributed by atoms with van der Waals surface area (Å²) >= 11 is 2.04. The van der Waals surface area contributed by atoms with Gasteiger partial charge in [-0.1, -0.05) is 20.8 Å². The normalized spacial score (nSPS) is 13.1. The molecule has 0 aromatic carbocycles. The van der Waals surface area contributed by atoms with E-state index in [2.05, 4.69) is 43.1 Å². The lowest BCUT2D eigenvalue weighted by Crippen LogP contribution is -2.35. The van der Waals surface area contributed by atoms with Gasteiger partial charge in [-0.3, -0.25) is 4.68 Å². The van der Waals surface area contributed by atoms with Gasteiger partial charge in [0, 0.05) is 24.8 Å². The van der Waals surface area contributed by atoms with Crippen molar-refractivity contribution in [1.82, 2.24) is 20.1 Å². The van der Waals surface area contributed by atoms with E-state index in [9.17, 15) is 0 Å². The molecule has 0 aliphatic rings. The highest BCUT2D eigenvalue weighted by molar-refractivity contribution is 7.99. The van der Waals surface area contributed by atoms with Gasteiger partial charge in [-0.2, -0.15) is 16.9 Å². The number of rotatable bonds is 10. The van der Waals surface area contributed by atoms with E-state index in [4.69, 9.17) is 0 Å². The molecule has 0 amide bonds. The van der Waals surface area contributed by atoms with Crippen LogP contribution in [0.15, 0.2) is 6.33 Å². The highest BCUT2D eigenvalue weighted by Crippen LogP contribution is 2.11. The summed E-state index contributed by atoms with van der Waals surface area (Å²) in [6, 6.07) is 0.498. The van der Waals surface area contributed by atoms with Crippen molar-refractivity contribution in [1.29, 1.82) is 0 Å². The Morgan fingerprint density at radius 1 is 1.32 bits per heavy atom. The molecule has 0 radical (unpaired) electrons. The van der Waals surface area contributed by atoms with Gasteiger partial charge in [-0.05, 0) is 31.6 Å². The Morgan fingerprint density at radius 2 is 2.11 bits per heavy atom. The topological polar surface area (TPSA) is 42.7 Å². The average Bonchev–Trinajstić information content (AvgIpc) is 2.82. The first-order valence-electron chi connectivity index (χ1n) is 7.35. The standard InChI is InChI=1S/C14H28N4S/c1-5-7-15-13(10-19-9-12(3)4)8-14-16-11-17-18(14)6-2/h11-13,15H,5-10H2,1-4H3. The molecule has 1 rings (SSSR count). The fourth-order valence-electron chi connectivity index (χ4n) is 1.92. The number of hydrogen-bond donors (Lipinski definition) is 1. The largest absolute Gasteiger partial charge is 0.313 e. The van der Waals surface area contributed by atoms with Gasteiger partial charge in [0.15, 0.2) is 0 Å². The van der Waals surface area contributed by atoms with Crippen molar-refractivity contribution in [3.05, 3.63) is 12.2 Å². The maximum Gasteiger partial charge on any atom is 0.138 e. The first-order valence-corrected chi connectivity index (χ1v) is 8.50. The maximum absolute atomic E-state index is 4.38. The van der Waals surface area contributed by atoms with E-state index in [-0.39, 0.29) is 0 Å². The van der Waals surface area contributed by atoms with E-state index >= 15 is 0 Å². The Bertz CT molecular complexity index is 338. The molecule has 1 N–H and O–H groups in total. The van der Waals surface area contributed by atoms with E-state index in [0.717, 1.165) is 37.0 Å². The second-order valence-electron chi connectivity index (χ2n) is 5.28. The van der Waals surface area contributed by atoms with Crippen LogP contribution in [-0.2, 0) is 13.0 Å². The van der Waals surface area contributed by atoms with Crippen LogP contribution in [-0.4, -0.2) is 38.9 Å². The lowest BCUT2D eigenvalue weighted by molar-refractivity contribution is 0.513. The van der Waals surface area contributed by atoms with Crippen LogP contribution >= 0.6 is 11.8 Å². The van der Waals surface area contributed by atoms with Gasteiger partial charge in [-0.25, -0.2) is 4.98 Å². The van der Waals surface area contributed by atoms with E-state index in [1.165, 1.54) is 12.2 Å². The van der Waals surface area contributed by atoms with Crippen molar-refractivity contribution >= 4 is 11.8 Å². The van der Waals surface area contributed by atoms with Crippen molar-refractivity contribution in [3.63, 3.8) is 0 Å². The van der Waals surface area contributed by atoms with Crippen molar-refractivity contribution < 1.29 is 0 Å². The van der Waals surface area contributed by atoms with Crippen LogP contribution in [0, 0.1) is 5.92 Å². The lowest BCUT2D eigenvalue weighted by atomic mass is 10.2. The van der Waals surface area contributed by atoms with E-state index in [1.807, 2.05) is 16.4 Å². The van der Waals surface area contributed by atoms with Gasteiger partial charge in [0.2, 0.25) is 0 Å². The number of hydrogen-bond acceptors (Lipinski definition) is 4. The summed E-state index contributed by atoms with van der Waals surface area (Å²) < 4.78 is 1.99. The molecule has 0 fully saturated rings. The Balaban J connectivity index is 2.48. The van der Waals surface area contributed by atoms with Crippen LogP contribution in [0.3, 0.4) is 0 Å². The third-order valence-electron chi connectivity index (χ3n) is 2.88. The molecule has 0 saturated carbocycles. The Kier molecular flexibility index (Phi) is 8.14. The molecule has 0 aliphatic carbocycles. The smallest absolute Gasteiger partial charge is 0.138 e. The van der Waals surface area contributed by atoms with Gasteiger partial charge in [0.05, 0.1) is 0 Å². The lowest BCUT2D eigenvalue weighted by Gasteiger charge is -2.18. The summed E-state index contributed by atoms with van der Waals surface area (Å²) in [6.45, 7) is 10.8. The molecule has 1 unspecified atom stereocenters. The molecule has 1 aromatic heterocycles.